The molecule has 1 N–H and O–H groups in total. The van der Waals surface area contributed by atoms with Gasteiger partial charge in [-0.25, -0.2) is 4.98 Å². The van der Waals surface area contributed by atoms with Gasteiger partial charge in [0.25, 0.3) is 0 Å². The minimum atomic E-state index is -0.0924. The van der Waals surface area contributed by atoms with Crippen LogP contribution in [0.3, 0.4) is 0 Å². The molecule has 1 saturated heterocycles. The summed E-state index contributed by atoms with van der Waals surface area (Å²) >= 11 is 0. The Kier molecular flexibility index (Phi) is 5.99. The van der Waals surface area contributed by atoms with Crippen molar-refractivity contribution < 1.29 is 9.53 Å². The number of carbonyl (C=O) groups is 1. The zero-order valence-electron chi connectivity index (χ0n) is 13.0. The van der Waals surface area contributed by atoms with Gasteiger partial charge in [-0.15, -0.1) is 0 Å². The van der Waals surface area contributed by atoms with E-state index in [0.29, 0.717) is 6.61 Å². The molecule has 0 spiro atoms. The maximum atomic E-state index is 12.0. The lowest BCUT2D eigenvalue weighted by Crippen LogP contribution is -2.36. The fourth-order valence-electron chi connectivity index (χ4n) is 2.68. The molecule has 0 amide bonds. The quantitative estimate of drug-likeness (QED) is 0.782. The SMILES string of the molecule is CCCNc1cc(CN2CCCC2C(=O)OCC)ccn1. The van der Waals surface area contributed by atoms with Gasteiger partial charge < -0.3 is 10.1 Å². The average molecular weight is 291 g/mol. The summed E-state index contributed by atoms with van der Waals surface area (Å²) < 4.78 is 5.17. The van der Waals surface area contributed by atoms with Crippen LogP contribution in [-0.2, 0) is 16.1 Å². The summed E-state index contributed by atoms with van der Waals surface area (Å²) in [5, 5.41) is 3.29. The first-order valence-corrected chi connectivity index (χ1v) is 7.84. The van der Waals surface area contributed by atoms with Crippen molar-refractivity contribution in [3.8, 4) is 0 Å². The van der Waals surface area contributed by atoms with Gasteiger partial charge in [0.2, 0.25) is 0 Å². The molecule has 1 aliphatic rings. The fraction of sp³-hybridized carbons (Fsp3) is 0.625. The Bertz CT molecular complexity index is 465. The number of likely N-dealkylation sites (tertiary alicyclic amines) is 1. The zero-order valence-corrected chi connectivity index (χ0v) is 13.0. The molecule has 1 fully saturated rings. The van der Waals surface area contributed by atoms with Crippen molar-refractivity contribution in [3.05, 3.63) is 23.9 Å². The summed E-state index contributed by atoms with van der Waals surface area (Å²) in [5.74, 6) is 0.814. The van der Waals surface area contributed by atoms with Crippen LogP contribution in [0.1, 0.15) is 38.7 Å². The van der Waals surface area contributed by atoms with Crippen molar-refractivity contribution >= 4 is 11.8 Å². The van der Waals surface area contributed by atoms with Crippen LogP contribution >= 0.6 is 0 Å². The van der Waals surface area contributed by atoms with Gasteiger partial charge in [0.1, 0.15) is 11.9 Å². The molecule has 21 heavy (non-hydrogen) atoms. The topological polar surface area (TPSA) is 54.5 Å². The summed E-state index contributed by atoms with van der Waals surface area (Å²) in [5.41, 5.74) is 1.18. The first kappa shape index (κ1) is 15.8. The Morgan fingerprint density at radius 1 is 1.52 bits per heavy atom. The minimum absolute atomic E-state index is 0.0895. The lowest BCUT2D eigenvalue weighted by molar-refractivity contribution is -0.148. The molecule has 0 bridgehead atoms. The van der Waals surface area contributed by atoms with E-state index in [1.807, 2.05) is 19.2 Å². The molecule has 1 unspecified atom stereocenters. The molecule has 2 rings (SSSR count). The Morgan fingerprint density at radius 3 is 3.14 bits per heavy atom. The molecular weight excluding hydrogens is 266 g/mol. The third-order valence-electron chi connectivity index (χ3n) is 3.69. The summed E-state index contributed by atoms with van der Waals surface area (Å²) in [6.45, 7) is 7.07. The second-order valence-corrected chi connectivity index (χ2v) is 5.36. The van der Waals surface area contributed by atoms with Crippen molar-refractivity contribution in [2.24, 2.45) is 0 Å². The van der Waals surface area contributed by atoms with E-state index in [1.54, 1.807) is 0 Å². The van der Waals surface area contributed by atoms with Crippen molar-refractivity contribution in [2.75, 3.05) is 25.0 Å². The number of hydrogen-bond donors (Lipinski definition) is 1. The van der Waals surface area contributed by atoms with Crippen LogP contribution in [-0.4, -0.2) is 41.6 Å². The number of nitrogens with one attached hydrogen (secondary N) is 1. The first-order valence-electron chi connectivity index (χ1n) is 7.84. The Labute approximate surface area is 126 Å². The van der Waals surface area contributed by atoms with Crippen LogP contribution in [0.5, 0.6) is 0 Å². The predicted molar refractivity (Wildman–Crippen MR) is 83.1 cm³/mol. The molecule has 0 aliphatic carbocycles. The summed E-state index contributed by atoms with van der Waals surface area (Å²) in [6.07, 6.45) is 4.84. The lowest BCUT2D eigenvalue weighted by Gasteiger charge is -2.23. The molecule has 0 aromatic carbocycles. The van der Waals surface area contributed by atoms with E-state index in [1.165, 1.54) is 5.56 Å². The largest absolute Gasteiger partial charge is 0.465 e. The first-order chi connectivity index (χ1) is 10.2. The van der Waals surface area contributed by atoms with E-state index in [4.69, 9.17) is 4.74 Å². The molecule has 1 aromatic heterocycles. The number of pyridine rings is 1. The lowest BCUT2D eigenvalue weighted by atomic mass is 10.2. The van der Waals surface area contributed by atoms with Crippen molar-refractivity contribution in [3.63, 3.8) is 0 Å². The van der Waals surface area contributed by atoms with Crippen molar-refractivity contribution in [1.29, 1.82) is 0 Å². The fourth-order valence-corrected chi connectivity index (χ4v) is 2.68. The van der Waals surface area contributed by atoms with Crippen molar-refractivity contribution in [2.45, 2.75) is 45.7 Å². The van der Waals surface area contributed by atoms with Crippen LogP contribution in [0, 0.1) is 0 Å². The number of rotatable bonds is 7. The van der Waals surface area contributed by atoms with Gasteiger partial charge in [0.15, 0.2) is 0 Å². The minimum Gasteiger partial charge on any atom is -0.465 e. The second kappa shape index (κ2) is 7.98. The van der Waals surface area contributed by atoms with E-state index in [0.717, 1.165) is 44.7 Å². The van der Waals surface area contributed by atoms with Gasteiger partial charge in [-0.3, -0.25) is 9.69 Å². The van der Waals surface area contributed by atoms with Gasteiger partial charge in [-0.2, -0.15) is 0 Å². The van der Waals surface area contributed by atoms with E-state index in [-0.39, 0.29) is 12.0 Å². The van der Waals surface area contributed by atoms with Gasteiger partial charge in [0.05, 0.1) is 6.61 Å². The number of aromatic nitrogens is 1. The molecule has 1 aromatic rings. The molecule has 116 valence electrons. The standard InChI is InChI=1S/C16H25N3O2/c1-3-8-17-15-11-13(7-9-18-15)12-19-10-5-6-14(19)16(20)21-4-2/h7,9,11,14H,3-6,8,10,12H2,1-2H3,(H,17,18). The zero-order chi connectivity index (χ0) is 15.1. The van der Waals surface area contributed by atoms with E-state index >= 15 is 0 Å². The third kappa shape index (κ3) is 4.43. The Hall–Kier alpha value is -1.62. The monoisotopic (exact) mass is 291 g/mol. The summed E-state index contributed by atoms with van der Waals surface area (Å²) in [4.78, 5) is 18.5. The van der Waals surface area contributed by atoms with Gasteiger partial charge in [0, 0.05) is 19.3 Å². The number of nitrogens with zero attached hydrogens (tertiary/aromatic N) is 2. The molecule has 5 nitrogen and oxygen atoms in total. The highest BCUT2D eigenvalue weighted by atomic mass is 16.5. The predicted octanol–water partition coefficient (Wildman–Crippen LogP) is 2.43. The maximum Gasteiger partial charge on any atom is 0.323 e. The molecular formula is C16H25N3O2. The normalized spacial score (nSPS) is 18.7. The number of hydrogen-bond acceptors (Lipinski definition) is 5. The number of esters is 1. The molecule has 1 atom stereocenters. The molecule has 2 heterocycles. The number of anilines is 1. The van der Waals surface area contributed by atoms with E-state index < -0.39 is 0 Å². The van der Waals surface area contributed by atoms with Crippen LogP contribution in [0.4, 0.5) is 5.82 Å². The summed E-state index contributed by atoms with van der Waals surface area (Å²) in [7, 11) is 0. The highest BCUT2D eigenvalue weighted by Gasteiger charge is 2.31. The highest BCUT2D eigenvalue weighted by Crippen LogP contribution is 2.21. The summed E-state index contributed by atoms with van der Waals surface area (Å²) in [6, 6.07) is 3.98. The number of carbonyl (C=O) groups excluding carboxylic acids is 1. The van der Waals surface area contributed by atoms with Gasteiger partial charge in [-0.05, 0) is 50.4 Å². The smallest absolute Gasteiger partial charge is 0.323 e. The maximum absolute atomic E-state index is 12.0. The average Bonchev–Trinajstić information content (AvgIpc) is 2.94. The number of ether oxygens (including phenoxy) is 1. The van der Waals surface area contributed by atoms with Crippen LogP contribution < -0.4 is 5.32 Å². The van der Waals surface area contributed by atoms with Gasteiger partial charge >= 0.3 is 5.97 Å². The highest BCUT2D eigenvalue weighted by molar-refractivity contribution is 5.76. The van der Waals surface area contributed by atoms with E-state index in [2.05, 4.69) is 28.2 Å². The Balaban J connectivity index is 1.98. The van der Waals surface area contributed by atoms with Crippen molar-refractivity contribution in [1.82, 2.24) is 9.88 Å². The molecule has 0 radical (unpaired) electrons. The van der Waals surface area contributed by atoms with E-state index in [9.17, 15) is 4.79 Å². The van der Waals surface area contributed by atoms with Crippen LogP contribution in [0.2, 0.25) is 0 Å². The Morgan fingerprint density at radius 2 is 2.38 bits per heavy atom. The van der Waals surface area contributed by atoms with Crippen LogP contribution in [0.15, 0.2) is 18.3 Å². The van der Waals surface area contributed by atoms with Gasteiger partial charge in [-0.1, -0.05) is 6.92 Å². The molecule has 1 aliphatic heterocycles. The third-order valence-corrected chi connectivity index (χ3v) is 3.69. The van der Waals surface area contributed by atoms with Crippen LogP contribution in [0.25, 0.3) is 0 Å². The molecule has 0 saturated carbocycles. The molecule has 5 heteroatoms. The second-order valence-electron chi connectivity index (χ2n) is 5.36.